The van der Waals surface area contributed by atoms with Gasteiger partial charge >= 0.3 is 5.97 Å². The molecule has 36 heavy (non-hydrogen) atoms. The average molecular weight is 549 g/mol. The maximum atomic E-state index is 13.4. The number of allylic oxidation sites excluding steroid dienone is 1. The fourth-order valence-electron chi connectivity index (χ4n) is 3.87. The minimum absolute atomic E-state index is 0.0419. The Hall–Kier alpha value is -3.27. The summed E-state index contributed by atoms with van der Waals surface area (Å²) >= 11 is 13.2. The molecule has 1 atom stereocenters. The van der Waals surface area contributed by atoms with E-state index in [0.29, 0.717) is 27.7 Å². The van der Waals surface area contributed by atoms with Crippen molar-refractivity contribution in [2.24, 2.45) is 4.99 Å². The fraction of sp³-hybridized carbons (Fsp3) is 0.240. The van der Waals surface area contributed by atoms with Gasteiger partial charge in [0.1, 0.15) is 11.8 Å². The third kappa shape index (κ3) is 4.74. The standard InChI is InChI=1S/C25H22Cl2N2O6S/c1-4-34-18-9-13(6-7-17(18)30)21-20(24(33)35-5-2)12(3)29-23(32)19(36-25(29)28-21)10-14-8-15(26)11-16(27)22(14)31/h6-11,21,30-31H,4-5H2,1-3H3/b19-10-/t21-/m0/s1. The predicted octanol–water partition coefficient (Wildman–Crippen LogP) is 4.02. The summed E-state index contributed by atoms with van der Waals surface area (Å²) in [6.07, 6.45) is 1.47. The molecular formula is C25H22Cl2N2O6S. The summed E-state index contributed by atoms with van der Waals surface area (Å²) in [7, 11) is 0. The molecule has 0 unspecified atom stereocenters. The van der Waals surface area contributed by atoms with Gasteiger partial charge in [0, 0.05) is 16.3 Å². The smallest absolute Gasteiger partial charge is 0.338 e. The molecule has 1 aromatic heterocycles. The highest BCUT2D eigenvalue weighted by Crippen LogP contribution is 2.37. The number of carbonyl (C=O) groups excluding carboxylic acids is 1. The van der Waals surface area contributed by atoms with Crippen molar-refractivity contribution in [3.8, 4) is 17.2 Å². The zero-order valence-corrected chi connectivity index (χ0v) is 21.9. The van der Waals surface area contributed by atoms with Crippen LogP contribution in [0.15, 0.2) is 45.7 Å². The molecule has 2 aromatic carbocycles. The molecule has 1 aliphatic heterocycles. The lowest BCUT2D eigenvalue weighted by Crippen LogP contribution is -2.35. The number of esters is 1. The molecule has 188 valence electrons. The molecule has 0 bridgehead atoms. The van der Waals surface area contributed by atoms with E-state index in [4.69, 9.17) is 37.7 Å². The van der Waals surface area contributed by atoms with Gasteiger partial charge in [0.2, 0.25) is 0 Å². The molecule has 2 heterocycles. The number of ether oxygens (including phenoxy) is 2. The molecule has 0 saturated carbocycles. The van der Waals surface area contributed by atoms with Gasteiger partial charge in [-0.15, -0.1) is 0 Å². The molecule has 0 spiro atoms. The van der Waals surface area contributed by atoms with E-state index < -0.39 is 17.6 Å². The Labute approximate surface area is 220 Å². The molecule has 8 nitrogen and oxygen atoms in total. The first-order valence-electron chi connectivity index (χ1n) is 11.0. The average Bonchev–Trinajstić information content (AvgIpc) is 3.14. The Kier molecular flexibility index (Phi) is 7.44. The van der Waals surface area contributed by atoms with Crippen LogP contribution in [0.3, 0.4) is 0 Å². The molecule has 0 fully saturated rings. The second-order valence-corrected chi connectivity index (χ2v) is 9.62. The van der Waals surface area contributed by atoms with Crippen molar-refractivity contribution in [3.63, 3.8) is 0 Å². The molecule has 4 rings (SSSR count). The number of halogens is 2. The summed E-state index contributed by atoms with van der Waals surface area (Å²) in [5.41, 5.74) is 0.983. The number of rotatable bonds is 6. The minimum Gasteiger partial charge on any atom is -0.506 e. The molecule has 0 aliphatic carbocycles. The Balaban J connectivity index is 1.97. The third-order valence-electron chi connectivity index (χ3n) is 5.48. The van der Waals surface area contributed by atoms with Crippen LogP contribution in [0.2, 0.25) is 10.0 Å². The molecule has 0 amide bonds. The molecule has 2 N–H and O–H groups in total. The quantitative estimate of drug-likeness (QED) is 0.450. The normalized spacial score (nSPS) is 15.5. The van der Waals surface area contributed by atoms with E-state index >= 15 is 0 Å². The summed E-state index contributed by atoms with van der Waals surface area (Å²) in [6.45, 7) is 5.60. The van der Waals surface area contributed by atoms with Gasteiger partial charge in [-0.3, -0.25) is 9.36 Å². The van der Waals surface area contributed by atoms with Crippen LogP contribution in [0.25, 0.3) is 11.8 Å². The lowest BCUT2D eigenvalue weighted by atomic mass is 9.96. The minimum atomic E-state index is -0.802. The van der Waals surface area contributed by atoms with E-state index in [9.17, 15) is 19.8 Å². The van der Waals surface area contributed by atoms with Crippen LogP contribution in [0, 0.1) is 0 Å². The highest BCUT2D eigenvalue weighted by atomic mass is 35.5. The van der Waals surface area contributed by atoms with E-state index in [0.717, 1.165) is 11.3 Å². The maximum Gasteiger partial charge on any atom is 0.338 e. The van der Waals surface area contributed by atoms with Crippen LogP contribution < -0.4 is 19.6 Å². The predicted molar refractivity (Wildman–Crippen MR) is 139 cm³/mol. The van der Waals surface area contributed by atoms with E-state index in [1.165, 1.54) is 28.8 Å². The highest BCUT2D eigenvalue weighted by Gasteiger charge is 2.32. The van der Waals surface area contributed by atoms with Crippen molar-refractivity contribution in [3.05, 3.63) is 76.8 Å². The van der Waals surface area contributed by atoms with Gasteiger partial charge in [-0.1, -0.05) is 40.6 Å². The van der Waals surface area contributed by atoms with E-state index in [1.54, 1.807) is 32.9 Å². The van der Waals surface area contributed by atoms with Gasteiger partial charge in [0.05, 0.1) is 28.3 Å². The van der Waals surface area contributed by atoms with Crippen LogP contribution in [-0.4, -0.2) is 34.0 Å². The number of carbonyl (C=O) groups is 1. The first-order chi connectivity index (χ1) is 17.2. The number of phenols is 2. The lowest BCUT2D eigenvalue weighted by molar-refractivity contribution is -0.138. The van der Waals surface area contributed by atoms with Crippen molar-refractivity contribution in [2.75, 3.05) is 13.2 Å². The van der Waals surface area contributed by atoms with Crippen LogP contribution in [-0.2, 0) is 9.53 Å². The largest absolute Gasteiger partial charge is 0.506 e. The molecule has 0 saturated heterocycles. The molecular weight excluding hydrogens is 527 g/mol. The number of nitrogens with zero attached hydrogens (tertiary/aromatic N) is 2. The second-order valence-electron chi connectivity index (χ2n) is 7.77. The Morgan fingerprint density at radius 1 is 1.19 bits per heavy atom. The monoisotopic (exact) mass is 548 g/mol. The number of fused-ring (bicyclic) bond motifs is 1. The molecule has 11 heteroatoms. The first-order valence-corrected chi connectivity index (χ1v) is 12.6. The summed E-state index contributed by atoms with van der Waals surface area (Å²) in [5.74, 6) is -0.607. The van der Waals surface area contributed by atoms with Gasteiger partial charge < -0.3 is 19.7 Å². The van der Waals surface area contributed by atoms with E-state index in [-0.39, 0.29) is 44.5 Å². The Morgan fingerprint density at radius 3 is 2.64 bits per heavy atom. The lowest BCUT2D eigenvalue weighted by Gasteiger charge is -2.22. The van der Waals surface area contributed by atoms with Gasteiger partial charge in [-0.25, -0.2) is 9.79 Å². The first kappa shape index (κ1) is 25.8. The van der Waals surface area contributed by atoms with Crippen molar-refractivity contribution in [1.82, 2.24) is 4.57 Å². The van der Waals surface area contributed by atoms with E-state index in [1.807, 2.05) is 0 Å². The van der Waals surface area contributed by atoms with Gasteiger partial charge in [-0.2, -0.15) is 0 Å². The van der Waals surface area contributed by atoms with Gasteiger partial charge in [0.15, 0.2) is 16.3 Å². The third-order valence-corrected chi connectivity index (χ3v) is 6.97. The second kappa shape index (κ2) is 10.4. The number of thiazole rings is 1. The van der Waals surface area contributed by atoms with Crippen molar-refractivity contribution in [2.45, 2.75) is 26.8 Å². The Morgan fingerprint density at radius 2 is 1.94 bits per heavy atom. The number of aromatic hydroxyl groups is 2. The molecule has 0 radical (unpaired) electrons. The van der Waals surface area contributed by atoms with Crippen molar-refractivity contribution >= 4 is 52.3 Å². The van der Waals surface area contributed by atoms with Crippen LogP contribution >= 0.6 is 34.5 Å². The van der Waals surface area contributed by atoms with Crippen LogP contribution in [0.1, 0.15) is 37.9 Å². The number of phenolic OH excluding ortho intramolecular Hbond substituents is 2. The van der Waals surface area contributed by atoms with Gasteiger partial charge in [-0.05, 0) is 56.7 Å². The zero-order chi connectivity index (χ0) is 26.1. The van der Waals surface area contributed by atoms with Crippen LogP contribution in [0.5, 0.6) is 17.2 Å². The number of aromatic nitrogens is 1. The van der Waals surface area contributed by atoms with Crippen molar-refractivity contribution in [1.29, 1.82) is 0 Å². The zero-order valence-electron chi connectivity index (χ0n) is 19.5. The number of hydrogen-bond donors (Lipinski definition) is 2. The Bertz CT molecular complexity index is 1570. The van der Waals surface area contributed by atoms with Crippen molar-refractivity contribution < 1.29 is 24.5 Å². The summed E-state index contributed by atoms with van der Waals surface area (Å²) < 4.78 is 12.4. The highest BCUT2D eigenvalue weighted by molar-refractivity contribution is 7.07. The van der Waals surface area contributed by atoms with Crippen LogP contribution in [0.4, 0.5) is 0 Å². The number of benzene rings is 2. The maximum absolute atomic E-state index is 13.4. The van der Waals surface area contributed by atoms with E-state index in [2.05, 4.69) is 0 Å². The summed E-state index contributed by atoms with van der Waals surface area (Å²) in [4.78, 5) is 31.4. The summed E-state index contributed by atoms with van der Waals surface area (Å²) in [5, 5.41) is 20.8. The summed E-state index contributed by atoms with van der Waals surface area (Å²) in [6, 6.07) is 6.80. The van der Waals surface area contributed by atoms with Gasteiger partial charge in [0.25, 0.3) is 5.56 Å². The fourth-order valence-corrected chi connectivity index (χ4v) is 5.41. The molecule has 3 aromatic rings. The topological polar surface area (TPSA) is 110 Å². The number of hydrogen-bond acceptors (Lipinski definition) is 8. The molecule has 1 aliphatic rings. The SMILES string of the molecule is CCOC(=O)C1=C(C)n2c(s/c(=C\c3cc(Cl)cc(Cl)c3O)c2=O)=N[C@H]1c1ccc(O)c(OCC)c1.